The van der Waals surface area contributed by atoms with E-state index in [1.54, 1.807) is 36.3 Å². The van der Waals surface area contributed by atoms with Crippen LogP contribution in [-0.2, 0) is 16.0 Å². The zero-order valence-corrected chi connectivity index (χ0v) is 16.6. The highest BCUT2D eigenvalue weighted by Crippen LogP contribution is 2.24. The van der Waals surface area contributed by atoms with E-state index in [0.717, 1.165) is 5.56 Å². The van der Waals surface area contributed by atoms with Crippen molar-refractivity contribution in [3.8, 4) is 5.75 Å². The molecule has 30 heavy (non-hydrogen) atoms. The number of fused-ring (bicyclic) bond motifs is 1. The van der Waals surface area contributed by atoms with Crippen LogP contribution in [0.1, 0.15) is 12.0 Å². The van der Waals surface area contributed by atoms with Gasteiger partial charge in [-0.15, -0.1) is 0 Å². The van der Waals surface area contributed by atoms with Crippen LogP contribution in [0.2, 0.25) is 0 Å². The molecule has 3 N–H and O–H groups in total. The van der Waals surface area contributed by atoms with Crippen LogP contribution < -0.4 is 20.7 Å². The molecule has 8 heteroatoms. The summed E-state index contributed by atoms with van der Waals surface area (Å²) in [6.07, 6.45) is 0.838. The smallest absolute Gasteiger partial charge is 0.319 e. The van der Waals surface area contributed by atoms with E-state index < -0.39 is 12.1 Å². The first-order valence-corrected chi connectivity index (χ1v) is 9.90. The average Bonchev–Trinajstić information content (AvgIpc) is 3.17. The molecule has 0 aromatic heterocycles. The minimum Gasteiger partial charge on any atom is -0.497 e. The van der Waals surface area contributed by atoms with Crippen molar-refractivity contribution in [1.29, 1.82) is 0 Å². The fourth-order valence-corrected chi connectivity index (χ4v) is 4.00. The molecule has 3 atom stereocenters. The van der Waals surface area contributed by atoms with Crippen molar-refractivity contribution in [2.24, 2.45) is 0 Å². The molecule has 0 radical (unpaired) electrons. The van der Waals surface area contributed by atoms with Crippen LogP contribution >= 0.6 is 0 Å². The van der Waals surface area contributed by atoms with E-state index >= 15 is 0 Å². The van der Waals surface area contributed by atoms with Gasteiger partial charge in [0.25, 0.3) is 0 Å². The van der Waals surface area contributed by atoms with E-state index in [9.17, 15) is 14.4 Å². The number of urea groups is 1. The number of ether oxygens (including phenoxy) is 1. The zero-order chi connectivity index (χ0) is 21.1. The second-order valence-corrected chi connectivity index (χ2v) is 7.52. The standard InChI is InChI=1S/C22H24N4O4/c1-30-17-9-5-8-15(11-17)23-22(29)24-16-12-19-20(27)25-18(21(28)26(19)13-16)10-14-6-3-2-4-7-14/h2-9,11,16,18-19H,10,12-13H2,1H3,(H,25,27)(H2,23,24,29). The van der Waals surface area contributed by atoms with E-state index in [2.05, 4.69) is 16.0 Å². The number of hydrogen-bond donors (Lipinski definition) is 3. The van der Waals surface area contributed by atoms with Crippen molar-refractivity contribution in [3.63, 3.8) is 0 Å². The largest absolute Gasteiger partial charge is 0.497 e. The zero-order valence-electron chi connectivity index (χ0n) is 16.6. The van der Waals surface area contributed by atoms with Crippen molar-refractivity contribution in [2.45, 2.75) is 31.0 Å². The monoisotopic (exact) mass is 408 g/mol. The van der Waals surface area contributed by atoms with E-state index in [0.29, 0.717) is 30.8 Å². The van der Waals surface area contributed by atoms with E-state index in [-0.39, 0.29) is 23.9 Å². The Morgan fingerprint density at radius 2 is 1.97 bits per heavy atom. The van der Waals surface area contributed by atoms with Gasteiger partial charge in [0.15, 0.2) is 0 Å². The molecule has 0 aliphatic carbocycles. The van der Waals surface area contributed by atoms with Crippen molar-refractivity contribution in [3.05, 3.63) is 60.2 Å². The molecule has 156 valence electrons. The molecule has 2 heterocycles. The number of rotatable bonds is 5. The molecule has 4 rings (SSSR count). The number of anilines is 1. The van der Waals surface area contributed by atoms with E-state index in [1.807, 2.05) is 30.3 Å². The van der Waals surface area contributed by atoms with Crippen LogP contribution in [0.25, 0.3) is 0 Å². The Hall–Kier alpha value is -3.55. The summed E-state index contributed by atoms with van der Waals surface area (Å²) in [4.78, 5) is 39.4. The second kappa shape index (κ2) is 8.44. The molecule has 0 saturated carbocycles. The van der Waals surface area contributed by atoms with Gasteiger partial charge in [-0.3, -0.25) is 9.59 Å². The first-order valence-electron chi connectivity index (χ1n) is 9.90. The lowest BCUT2D eigenvalue weighted by molar-refractivity contribution is -0.147. The van der Waals surface area contributed by atoms with Gasteiger partial charge in [-0.1, -0.05) is 36.4 Å². The molecule has 8 nitrogen and oxygen atoms in total. The third-order valence-corrected chi connectivity index (χ3v) is 5.45. The second-order valence-electron chi connectivity index (χ2n) is 7.52. The van der Waals surface area contributed by atoms with Crippen LogP contribution in [0.5, 0.6) is 5.75 Å². The van der Waals surface area contributed by atoms with Crippen molar-refractivity contribution in [2.75, 3.05) is 19.0 Å². The number of nitrogens with zero attached hydrogens (tertiary/aromatic N) is 1. The number of hydrogen-bond acceptors (Lipinski definition) is 4. The maximum atomic E-state index is 12.9. The van der Waals surface area contributed by atoms with Gasteiger partial charge in [-0.05, 0) is 24.1 Å². The number of methoxy groups -OCH3 is 1. The molecule has 2 aromatic carbocycles. The maximum Gasteiger partial charge on any atom is 0.319 e. The highest BCUT2D eigenvalue weighted by Gasteiger charge is 2.46. The number of benzene rings is 2. The SMILES string of the molecule is COc1cccc(NC(=O)NC2CC3C(=O)NC(Cc4ccccc4)C(=O)N3C2)c1. The Bertz CT molecular complexity index is 949. The molecule has 2 aliphatic rings. The van der Waals surface area contributed by atoms with Gasteiger partial charge in [0.05, 0.1) is 13.2 Å². The molecule has 2 fully saturated rings. The van der Waals surface area contributed by atoms with Gasteiger partial charge in [0.2, 0.25) is 11.8 Å². The average molecular weight is 408 g/mol. The number of piperazine rings is 1. The van der Waals surface area contributed by atoms with Crippen LogP contribution in [-0.4, -0.2) is 54.5 Å². The quantitative estimate of drug-likeness (QED) is 0.699. The lowest BCUT2D eigenvalue weighted by Gasteiger charge is -2.34. The summed E-state index contributed by atoms with van der Waals surface area (Å²) in [5, 5.41) is 8.46. The highest BCUT2D eigenvalue weighted by atomic mass is 16.5. The molecule has 2 aromatic rings. The summed E-state index contributed by atoms with van der Waals surface area (Å²) in [6, 6.07) is 14.8. The first kappa shape index (κ1) is 19.8. The van der Waals surface area contributed by atoms with Crippen molar-refractivity contribution >= 4 is 23.5 Å². The Morgan fingerprint density at radius 1 is 1.17 bits per heavy atom. The summed E-state index contributed by atoms with van der Waals surface area (Å²) < 4.78 is 5.15. The fraction of sp³-hybridized carbons (Fsp3) is 0.318. The topological polar surface area (TPSA) is 99.8 Å². The minimum absolute atomic E-state index is 0.110. The number of carbonyl (C=O) groups is 3. The van der Waals surface area contributed by atoms with Gasteiger partial charge < -0.3 is 25.6 Å². The molecule has 3 unspecified atom stereocenters. The third-order valence-electron chi connectivity index (χ3n) is 5.45. The Kier molecular flexibility index (Phi) is 5.56. The maximum absolute atomic E-state index is 12.9. The predicted molar refractivity (Wildman–Crippen MR) is 111 cm³/mol. The molecule has 2 saturated heterocycles. The van der Waals surface area contributed by atoms with Crippen LogP contribution in [0.4, 0.5) is 10.5 Å². The van der Waals surface area contributed by atoms with Gasteiger partial charge in [0.1, 0.15) is 17.8 Å². The molecule has 2 aliphatic heterocycles. The molecule has 4 amide bonds. The Balaban J connectivity index is 1.36. The predicted octanol–water partition coefficient (Wildman–Crippen LogP) is 1.53. The van der Waals surface area contributed by atoms with Crippen LogP contribution in [0.15, 0.2) is 54.6 Å². The fourth-order valence-electron chi connectivity index (χ4n) is 4.00. The first-order chi connectivity index (χ1) is 14.5. The summed E-state index contributed by atoms with van der Waals surface area (Å²) in [7, 11) is 1.56. The molecular formula is C22H24N4O4. The lowest BCUT2D eigenvalue weighted by Crippen LogP contribution is -2.61. The van der Waals surface area contributed by atoms with Crippen LogP contribution in [0, 0.1) is 0 Å². The third kappa shape index (κ3) is 4.22. The van der Waals surface area contributed by atoms with Gasteiger partial charge >= 0.3 is 6.03 Å². The number of nitrogens with one attached hydrogen (secondary N) is 3. The van der Waals surface area contributed by atoms with Gasteiger partial charge in [-0.2, -0.15) is 0 Å². The summed E-state index contributed by atoms with van der Waals surface area (Å²) in [6.45, 7) is 0.313. The normalized spacial score (nSPS) is 22.8. The van der Waals surface area contributed by atoms with E-state index in [1.165, 1.54) is 0 Å². The minimum atomic E-state index is -0.583. The number of amides is 4. The Labute approximate surface area is 174 Å². The summed E-state index contributed by atoms with van der Waals surface area (Å²) >= 11 is 0. The van der Waals surface area contributed by atoms with Gasteiger partial charge in [0, 0.05) is 24.7 Å². The van der Waals surface area contributed by atoms with Crippen molar-refractivity contribution in [1.82, 2.24) is 15.5 Å². The van der Waals surface area contributed by atoms with Gasteiger partial charge in [-0.25, -0.2) is 4.79 Å². The molecule has 0 bridgehead atoms. The Morgan fingerprint density at radius 3 is 2.73 bits per heavy atom. The highest BCUT2D eigenvalue weighted by molar-refractivity contribution is 5.98. The summed E-state index contributed by atoms with van der Waals surface area (Å²) in [5.41, 5.74) is 1.58. The molecule has 0 spiro atoms. The van der Waals surface area contributed by atoms with Crippen molar-refractivity contribution < 1.29 is 19.1 Å². The lowest BCUT2D eigenvalue weighted by atomic mass is 10.0. The van der Waals surface area contributed by atoms with Crippen LogP contribution in [0.3, 0.4) is 0 Å². The number of carbonyl (C=O) groups excluding carboxylic acids is 3. The summed E-state index contributed by atoms with van der Waals surface area (Å²) in [5.74, 6) is 0.353. The molecular weight excluding hydrogens is 384 g/mol. The van der Waals surface area contributed by atoms with E-state index in [4.69, 9.17) is 4.74 Å².